The van der Waals surface area contributed by atoms with E-state index in [0.717, 1.165) is 119 Å². The van der Waals surface area contributed by atoms with Crippen molar-refractivity contribution in [2.24, 2.45) is 0 Å². The third-order valence-electron chi connectivity index (χ3n) is 14.6. The normalized spacial score (nSPS) is 12.3. The van der Waals surface area contributed by atoms with Crippen molar-refractivity contribution >= 4 is 264 Å². The van der Waals surface area contributed by atoms with Gasteiger partial charge in [-0.2, -0.15) is 0 Å². The number of H-pyrrole nitrogens is 2. The highest BCUT2D eigenvalue weighted by atomic mass is 79.9. The number of fused-ring (bicyclic) bond motifs is 8. The molecule has 2 aliphatic rings. The van der Waals surface area contributed by atoms with Crippen molar-refractivity contribution in [2.45, 2.75) is 65.6 Å². The molecule has 0 saturated heterocycles. The molecule has 0 aliphatic carbocycles. The Morgan fingerprint density at radius 2 is 0.344 bits per heavy atom. The number of hydrogen-bond donors (Lipinski definition) is 2. The first-order valence-corrected chi connectivity index (χ1v) is 43.8. The molecule has 8 bridgehead atoms. The number of aromatic nitrogens is 8. The highest BCUT2D eigenvalue weighted by Gasteiger charge is 2.30. The second-order valence-corrected chi connectivity index (χ2v) is 36.8. The fourth-order valence-electron chi connectivity index (χ4n) is 9.68. The lowest BCUT2D eigenvalue weighted by molar-refractivity contribution is 1.10. The van der Waals surface area contributed by atoms with Gasteiger partial charge in [0.1, 0.15) is 22.6 Å². The molecule has 0 saturated carbocycles. The summed E-state index contributed by atoms with van der Waals surface area (Å²) < 4.78 is 8.17. The Hall–Kier alpha value is -3.28. The molecule has 96 heavy (non-hydrogen) atoms. The van der Waals surface area contributed by atoms with Crippen LogP contribution in [-0.4, -0.2) is 39.9 Å². The second kappa shape index (κ2) is 34.1. The first-order valence-electron chi connectivity index (χ1n) is 29.5. The summed E-state index contributed by atoms with van der Waals surface area (Å²) in [5, 5.41) is 0. The van der Waals surface area contributed by atoms with Crippen molar-refractivity contribution < 1.29 is 0 Å². The van der Waals surface area contributed by atoms with E-state index in [1.807, 2.05) is 0 Å². The number of benzene rings is 8. The summed E-state index contributed by atoms with van der Waals surface area (Å²) in [4.78, 5) is 49.8. The molecule has 13 rings (SSSR count). The van der Waals surface area contributed by atoms with E-state index in [2.05, 4.69) is 332 Å². The standard InChI is InChI=1S/C72H50Br8N8S8/c73-49-17-1-41(2-18-49)33-89-57-58(90-34-42-3-19-50(74)20-4-42)66-81-65(57)85-67-59(91-35-43-5-21-51(75)22-6-43)60(92-36-44-7-23-52(76)24-8-44)69(82-67)87-71-63(95-39-47-13-29-55(79)30-14-47)64(96-40-48-15-31-56(80)32-16-48)72(84-71)88-70-62(94-38-46-11-27-54(78)28-12-46)61(68(83-70)86-66)93-37-45-9-25-53(77)26-10-45/h1-32H,33-40H2,(H2,81,82,83,84,85,86,87,88). The van der Waals surface area contributed by atoms with Gasteiger partial charge in [-0.05, 0) is 142 Å². The van der Waals surface area contributed by atoms with Gasteiger partial charge in [0.25, 0.3) is 0 Å². The number of halogens is 8. The SMILES string of the molecule is Brc1ccc(CSC2=C(SCc3ccc(Br)cc3)c3nc2nc2[nH]c(nc4nc(nc5[nH]c(n3)c(SCc3ccc(Br)cc3)c5SCc3ccc(Br)cc3)C(SCc3ccc(Br)cc3)=C4SCc3ccc(Br)cc3)c(SCc3ccc(Br)cc3)c2SCc2ccc(Br)cc2)cc1. The molecule has 5 heterocycles. The van der Waals surface area contributed by atoms with Crippen LogP contribution in [0.5, 0.6) is 0 Å². The molecule has 482 valence electrons. The molecule has 3 aromatic heterocycles. The lowest BCUT2D eigenvalue weighted by atomic mass is 10.2. The molecule has 0 atom stereocenters. The number of nitrogens with zero attached hydrogens (tertiary/aromatic N) is 6. The van der Waals surface area contributed by atoms with Gasteiger partial charge >= 0.3 is 0 Å². The molecule has 2 aliphatic heterocycles. The second-order valence-electron chi connectivity index (χ2n) is 21.6. The lowest BCUT2D eigenvalue weighted by Gasteiger charge is -2.09. The number of rotatable bonds is 24. The maximum atomic E-state index is 5.80. The molecule has 2 N–H and O–H groups in total. The topological polar surface area (TPSA) is 109 Å². The number of thioether (sulfide) groups is 8. The average Bonchev–Trinajstić information content (AvgIpc) is 1.68. The van der Waals surface area contributed by atoms with E-state index in [1.165, 1.54) is 0 Å². The van der Waals surface area contributed by atoms with E-state index in [4.69, 9.17) is 29.9 Å². The van der Waals surface area contributed by atoms with Gasteiger partial charge in [-0.1, -0.05) is 225 Å². The van der Waals surface area contributed by atoms with Crippen LogP contribution in [0.1, 0.15) is 67.8 Å². The fraction of sp³-hybridized carbons (Fsp3) is 0.111. The maximum Gasteiger partial charge on any atom is 0.171 e. The summed E-state index contributed by atoms with van der Waals surface area (Å²) in [7, 11) is 0. The minimum Gasteiger partial charge on any atom is -0.323 e. The summed E-state index contributed by atoms with van der Waals surface area (Å²) in [6.45, 7) is 0. The number of aromatic amines is 2. The summed E-state index contributed by atoms with van der Waals surface area (Å²) in [5.74, 6) is 7.49. The van der Waals surface area contributed by atoms with Crippen LogP contribution < -0.4 is 0 Å². The smallest absolute Gasteiger partial charge is 0.171 e. The van der Waals surface area contributed by atoms with Gasteiger partial charge in [-0.15, -0.1) is 94.1 Å². The van der Waals surface area contributed by atoms with Crippen LogP contribution in [0.25, 0.3) is 42.2 Å². The van der Waals surface area contributed by atoms with Crippen LogP contribution in [0, 0.1) is 0 Å². The fourth-order valence-corrected chi connectivity index (χ4v) is 20.9. The summed E-state index contributed by atoms with van der Waals surface area (Å²) in [5.41, 5.74) is 11.9. The van der Waals surface area contributed by atoms with E-state index in [0.29, 0.717) is 91.9 Å². The van der Waals surface area contributed by atoms with Gasteiger partial charge in [0, 0.05) is 81.8 Å². The number of nitrogens with one attached hydrogen (secondary N) is 2. The predicted octanol–water partition coefficient (Wildman–Crippen LogP) is 26.5. The maximum absolute atomic E-state index is 5.80. The average molecular weight is 1920 g/mol. The quantitative estimate of drug-likeness (QED) is 0.0560. The molecular formula is C72H50Br8N8S8. The van der Waals surface area contributed by atoms with Crippen molar-refractivity contribution in [2.75, 3.05) is 0 Å². The molecule has 8 aromatic carbocycles. The molecule has 0 radical (unpaired) electrons. The first-order chi connectivity index (χ1) is 46.7. The van der Waals surface area contributed by atoms with Crippen LogP contribution in [0.4, 0.5) is 0 Å². The van der Waals surface area contributed by atoms with E-state index in [9.17, 15) is 0 Å². The van der Waals surface area contributed by atoms with Crippen LogP contribution in [-0.2, 0) is 46.0 Å². The molecule has 24 heteroatoms. The van der Waals surface area contributed by atoms with Gasteiger partial charge in [0.2, 0.25) is 0 Å². The highest BCUT2D eigenvalue weighted by molar-refractivity contribution is 9.11. The summed E-state index contributed by atoms with van der Waals surface area (Å²) in [6.07, 6.45) is 0. The number of hydrogen-bond acceptors (Lipinski definition) is 14. The van der Waals surface area contributed by atoms with Crippen molar-refractivity contribution in [1.82, 2.24) is 39.9 Å². The van der Waals surface area contributed by atoms with E-state index >= 15 is 0 Å². The highest BCUT2D eigenvalue weighted by Crippen LogP contribution is 2.50. The van der Waals surface area contributed by atoms with Crippen molar-refractivity contribution in [3.05, 3.63) is 298 Å². The van der Waals surface area contributed by atoms with Crippen molar-refractivity contribution in [1.29, 1.82) is 0 Å². The van der Waals surface area contributed by atoms with Crippen LogP contribution >= 0.6 is 222 Å². The Labute approximate surface area is 658 Å². The van der Waals surface area contributed by atoms with E-state index < -0.39 is 0 Å². The largest absolute Gasteiger partial charge is 0.323 e. The van der Waals surface area contributed by atoms with Crippen LogP contribution in [0.3, 0.4) is 0 Å². The Bertz CT molecular complexity index is 4230. The Morgan fingerprint density at radius 1 is 0.198 bits per heavy atom. The Morgan fingerprint density at radius 3 is 0.500 bits per heavy atom. The lowest BCUT2D eigenvalue weighted by Crippen LogP contribution is -1.89. The zero-order valence-corrected chi connectivity index (χ0v) is 69.3. The molecule has 0 fully saturated rings. The Kier molecular flexibility index (Phi) is 25.3. The van der Waals surface area contributed by atoms with Gasteiger partial charge < -0.3 is 9.97 Å². The first kappa shape index (κ1) is 71.1. The van der Waals surface area contributed by atoms with E-state index in [1.54, 1.807) is 94.1 Å². The minimum absolute atomic E-state index is 0.556. The van der Waals surface area contributed by atoms with Crippen LogP contribution in [0.15, 0.2) is 249 Å². The van der Waals surface area contributed by atoms with Crippen LogP contribution in [0.2, 0.25) is 0 Å². The molecule has 0 amide bonds. The van der Waals surface area contributed by atoms with Crippen molar-refractivity contribution in [3.63, 3.8) is 0 Å². The van der Waals surface area contributed by atoms with Crippen molar-refractivity contribution in [3.8, 4) is 0 Å². The van der Waals surface area contributed by atoms with Gasteiger partial charge in [-0.3, -0.25) is 0 Å². The molecule has 11 aromatic rings. The minimum atomic E-state index is 0.556. The van der Waals surface area contributed by atoms with Gasteiger partial charge in [0.05, 0.1) is 39.2 Å². The zero-order chi connectivity index (χ0) is 66.1. The monoisotopic (exact) mass is 1910 g/mol. The Balaban J connectivity index is 1.11. The summed E-state index contributed by atoms with van der Waals surface area (Å²) >= 11 is 43.4. The zero-order valence-electron chi connectivity index (χ0n) is 50.1. The molecule has 0 unspecified atom stereocenters. The van der Waals surface area contributed by atoms with Gasteiger partial charge in [0.15, 0.2) is 23.3 Å². The van der Waals surface area contributed by atoms with Gasteiger partial charge in [-0.25, -0.2) is 29.9 Å². The third kappa shape index (κ3) is 18.9. The molecular weight excluding hydrogens is 1870 g/mol. The predicted molar refractivity (Wildman–Crippen MR) is 442 cm³/mol. The third-order valence-corrected chi connectivity index (χ3v) is 28.7. The summed E-state index contributed by atoms with van der Waals surface area (Å²) in [6, 6.07) is 68.3. The van der Waals surface area contributed by atoms with E-state index in [-0.39, 0.29) is 0 Å². The molecule has 8 nitrogen and oxygen atoms in total. The molecule has 0 spiro atoms.